The second kappa shape index (κ2) is 8.67. The summed E-state index contributed by atoms with van der Waals surface area (Å²) in [6.07, 6.45) is 0. The maximum Gasteiger partial charge on any atom is 0.278 e. The highest BCUT2D eigenvalue weighted by Gasteiger charge is 2.39. The molecule has 1 aromatic heterocycles. The first-order chi connectivity index (χ1) is 14.0. The molecule has 0 spiro atoms. The highest BCUT2D eigenvalue weighted by molar-refractivity contribution is 7.11. The Kier molecular flexibility index (Phi) is 6.01. The number of anilines is 1. The molecular weight excluding hydrogens is 410 g/mol. The van der Waals surface area contributed by atoms with Crippen LogP contribution in [0.25, 0.3) is 5.57 Å². The van der Waals surface area contributed by atoms with Gasteiger partial charge in [-0.1, -0.05) is 17.7 Å². The summed E-state index contributed by atoms with van der Waals surface area (Å²) in [4.78, 5) is 30.7. The highest BCUT2D eigenvalue weighted by Crippen LogP contribution is 2.33. The van der Waals surface area contributed by atoms with Gasteiger partial charge in [-0.25, -0.2) is 0 Å². The maximum atomic E-state index is 13.2. The summed E-state index contributed by atoms with van der Waals surface area (Å²) in [5.41, 5.74) is 2.42. The SMILES string of the molecule is Cc1cc(Cl)ccc1NC1=C(c2cccs2)C(=O)N(CCN2CCOCC2)C1=O. The number of benzene rings is 1. The van der Waals surface area contributed by atoms with Crippen LogP contribution in [0, 0.1) is 6.92 Å². The molecule has 1 N–H and O–H groups in total. The van der Waals surface area contributed by atoms with Gasteiger partial charge in [-0.15, -0.1) is 11.3 Å². The average molecular weight is 432 g/mol. The fourth-order valence-corrected chi connectivity index (χ4v) is 4.51. The number of rotatable bonds is 6. The van der Waals surface area contributed by atoms with Crippen LogP contribution < -0.4 is 5.32 Å². The summed E-state index contributed by atoms with van der Waals surface area (Å²) in [5.74, 6) is -0.541. The molecule has 2 amide bonds. The Bertz CT molecular complexity index is 952. The minimum absolute atomic E-state index is 0.250. The minimum Gasteiger partial charge on any atom is -0.379 e. The van der Waals surface area contributed by atoms with Crippen LogP contribution >= 0.6 is 22.9 Å². The molecule has 152 valence electrons. The number of hydrogen-bond donors (Lipinski definition) is 1. The van der Waals surface area contributed by atoms with Gasteiger partial charge in [-0.3, -0.25) is 19.4 Å². The van der Waals surface area contributed by atoms with Crippen molar-refractivity contribution in [2.75, 3.05) is 44.7 Å². The summed E-state index contributed by atoms with van der Waals surface area (Å²) >= 11 is 7.50. The molecule has 0 unspecified atom stereocenters. The van der Waals surface area contributed by atoms with Crippen LogP contribution in [0.4, 0.5) is 5.69 Å². The Morgan fingerprint density at radius 2 is 1.93 bits per heavy atom. The fraction of sp³-hybridized carbons (Fsp3) is 0.333. The van der Waals surface area contributed by atoms with Crippen molar-refractivity contribution in [1.82, 2.24) is 9.80 Å². The first kappa shape index (κ1) is 20.1. The standard InChI is InChI=1S/C21H22ClN3O3S/c1-14-13-15(22)4-5-16(14)23-19-18(17-3-2-12-29-17)20(26)25(21(19)27)7-6-24-8-10-28-11-9-24/h2-5,12-13,23H,6-11H2,1H3. The summed E-state index contributed by atoms with van der Waals surface area (Å²) in [6, 6.07) is 9.16. The molecule has 2 aliphatic heterocycles. The molecule has 1 saturated heterocycles. The molecule has 1 fully saturated rings. The van der Waals surface area contributed by atoms with Crippen LogP contribution in [-0.4, -0.2) is 61.0 Å². The van der Waals surface area contributed by atoms with E-state index in [1.807, 2.05) is 36.6 Å². The van der Waals surface area contributed by atoms with Crippen LogP contribution in [0.15, 0.2) is 41.4 Å². The lowest BCUT2D eigenvalue weighted by atomic mass is 10.1. The predicted molar refractivity (Wildman–Crippen MR) is 115 cm³/mol. The van der Waals surface area contributed by atoms with Crippen molar-refractivity contribution in [2.45, 2.75) is 6.92 Å². The average Bonchev–Trinajstić information content (AvgIpc) is 3.31. The number of hydrogen-bond acceptors (Lipinski definition) is 6. The summed E-state index contributed by atoms with van der Waals surface area (Å²) in [5, 5.41) is 5.74. The van der Waals surface area contributed by atoms with E-state index in [4.69, 9.17) is 16.3 Å². The number of aryl methyl sites for hydroxylation is 1. The van der Waals surface area contributed by atoms with Crippen molar-refractivity contribution in [2.24, 2.45) is 0 Å². The third kappa shape index (κ3) is 4.23. The molecule has 0 bridgehead atoms. The molecule has 4 rings (SSSR count). The largest absolute Gasteiger partial charge is 0.379 e. The third-order valence-electron chi connectivity index (χ3n) is 5.13. The molecule has 2 aliphatic rings. The number of halogens is 1. The van der Waals surface area contributed by atoms with Gasteiger partial charge in [-0.2, -0.15) is 0 Å². The van der Waals surface area contributed by atoms with Gasteiger partial charge in [0.15, 0.2) is 0 Å². The Morgan fingerprint density at radius 3 is 2.62 bits per heavy atom. The van der Waals surface area contributed by atoms with Crippen molar-refractivity contribution in [3.63, 3.8) is 0 Å². The number of carbonyl (C=O) groups excluding carboxylic acids is 2. The van der Waals surface area contributed by atoms with Crippen LogP contribution in [-0.2, 0) is 14.3 Å². The molecule has 1 aromatic carbocycles. The number of imide groups is 1. The van der Waals surface area contributed by atoms with Crippen molar-refractivity contribution >= 4 is 46.0 Å². The maximum absolute atomic E-state index is 13.2. The van der Waals surface area contributed by atoms with Gasteiger partial charge >= 0.3 is 0 Å². The molecule has 29 heavy (non-hydrogen) atoms. The Labute approximate surface area is 178 Å². The van der Waals surface area contributed by atoms with Gasteiger partial charge in [0.1, 0.15) is 5.70 Å². The van der Waals surface area contributed by atoms with Crippen LogP contribution in [0.3, 0.4) is 0 Å². The second-order valence-electron chi connectivity index (χ2n) is 7.03. The summed E-state index contributed by atoms with van der Waals surface area (Å²) in [6.45, 7) is 5.92. The van der Waals surface area contributed by atoms with Gasteiger partial charge in [0, 0.05) is 41.8 Å². The van der Waals surface area contributed by atoms with E-state index in [1.165, 1.54) is 16.2 Å². The smallest absolute Gasteiger partial charge is 0.278 e. The molecule has 0 saturated carbocycles. The van der Waals surface area contributed by atoms with Crippen molar-refractivity contribution in [1.29, 1.82) is 0 Å². The number of thiophene rings is 1. The first-order valence-electron chi connectivity index (χ1n) is 9.52. The van der Waals surface area contributed by atoms with Gasteiger partial charge in [0.05, 0.1) is 18.8 Å². The van der Waals surface area contributed by atoms with E-state index in [2.05, 4.69) is 10.2 Å². The quantitative estimate of drug-likeness (QED) is 0.711. The molecule has 2 aromatic rings. The minimum atomic E-state index is -0.291. The summed E-state index contributed by atoms with van der Waals surface area (Å²) < 4.78 is 5.37. The van der Waals surface area contributed by atoms with E-state index in [-0.39, 0.29) is 11.8 Å². The van der Waals surface area contributed by atoms with Crippen LogP contribution in [0.5, 0.6) is 0 Å². The lowest BCUT2D eigenvalue weighted by molar-refractivity contribution is -0.137. The van der Waals surface area contributed by atoms with Crippen LogP contribution in [0.1, 0.15) is 10.4 Å². The van der Waals surface area contributed by atoms with Gasteiger partial charge in [-0.05, 0) is 42.1 Å². The Hall–Kier alpha value is -2.19. The lowest BCUT2D eigenvalue weighted by Gasteiger charge is -2.28. The molecule has 8 heteroatoms. The number of amides is 2. The first-order valence-corrected chi connectivity index (χ1v) is 10.8. The van der Waals surface area contributed by atoms with Crippen molar-refractivity contribution < 1.29 is 14.3 Å². The topological polar surface area (TPSA) is 61.9 Å². The van der Waals surface area contributed by atoms with Crippen LogP contribution in [0.2, 0.25) is 5.02 Å². The van der Waals surface area contributed by atoms with E-state index >= 15 is 0 Å². The number of nitrogens with zero attached hydrogens (tertiary/aromatic N) is 2. The van der Waals surface area contributed by atoms with E-state index in [1.54, 1.807) is 6.07 Å². The molecule has 6 nitrogen and oxygen atoms in total. The summed E-state index contributed by atoms with van der Waals surface area (Å²) in [7, 11) is 0. The van der Waals surface area contributed by atoms with Gasteiger partial charge in [0.25, 0.3) is 11.8 Å². The zero-order valence-electron chi connectivity index (χ0n) is 16.1. The second-order valence-corrected chi connectivity index (χ2v) is 8.41. The van der Waals surface area contributed by atoms with E-state index < -0.39 is 0 Å². The number of ether oxygens (including phenoxy) is 1. The molecular formula is C21H22ClN3O3S. The highest BCUT2D eigenvalue weighted by atomic mass is 35.5. The van der Waals surface area contributed by atoms with Crippen molar-refractivity contribution in [3.8, 4) is 0 Å². The molecule has 0 radical (unpaired) electrons. The predicted octanol–water partition coefficient (Wildman–Crippen LogP) is 3.23. The molecule has 0 atom stereocenters. The zero-order valence-corrected chi connectivity index (χ0v) is 17.7. The Morgan fingerprint density at radius 1 is 1.14 bits per heavy atom. The van der Waals surface area contributed by atoms with E-state index in [0.717, 1.165) is 29.2 Å². The Balaban J connectivity index is 1.60. The number of carbonyl (C=O) groups is 2. The number of morpholine rings is 1. The molecule has 0 aliphatic carbocycles. The van der Waals surface area contributed by atoms with E-state index in [9.17, 15) is 9.59 Å². The monoisotopic (exact) mass is 431 g/mol. The van der Waals surface area contributed by atoms with Gasteiger partial charge < -0.3 is 10.1 Å². The van der Waals surface area contributed by atoms with E-state index in [0.29, 0.717) is 42.6 Å². The van der Waals surface area contributed by atoms with Crippen molar-refractivity contribution in [3.05, 3.63) is 56.9 Å². The fourth-order valence-electron chi connectivity index (χ4n) is 3.51. The molecule has 3 heterocycles. The number of nitrogens with one attached hydrogen (secondary N) is 1. The lowest BCUT2D eigenvalue weighted by Crippen LogP contribution is -2.43. The zero-order chi connectivity index (χ0) is 20.4. The third-order valence-corrected chi connectivity index (χ3v) is 6.25. The van der Waals surface area contributed by atoms with Gasteiger partial charge in [0.2, 0.25) is 0 Å². The normalized spacial score (nSPS) is 18.1.